The summed E-state index contributed by atoms with van der Waals surface area (Å²) < 4.78 is 13.3. The van der Waals surface area contributed by atoms with Gasteiger partial charge in [-0.3, -0.25) is 9.59 Å². The number of aromatic nitrogens is 1. The molecule has 92 valence electrons. The van der Waals surface area contributed by atoms with Crippen LogP contribution >= 0.6 is 0 Å². The highest BCUT2D eigenvalue weighted by Crippen LogP contribution is 2.06. The quantitative estimate of drug-likeness (QED) is 0.809. The summed E-state index contributed by atoms with van der Waals surface area (Å²) in [5, 5.41) is 2.57. The fourth-order valence-electron chi connectivity index (χ4n) is 1.52. The van der Waals surface area contributed by atoms with E-state index in [0.717, 1.165) is 0 Å². The van der Waals surface area contributed by atoms with Gasteiger partial charge in [0.2, 0.25) is 0 Å². The van der Waals surface area contributed by atoms with E-state index in [9.17, 15) is 14.0 Å². The van der Waals surface area contributed by atoms with E-state index >= 15 is 0 Å². The minimum absolute atomic E-state index is 0.0982. The minimum Gasteiger partial charge on any atom is -0.357 e. The highest BCUT2D eigenvalue weighted by molar-refractivity contribution is 5.94. The number of aromatic amines is 1. The SMILES string of the molecule is O=Cc1c[nH]c(C(=O)NCc2ccccc2F)c1. The molecule has 4 nitrogen and oxygen atoms in total. The van der Waals surface area contributed by atoms with E-state index in [-0.39, 0.29) is 24.0 Å². The second-order valence-corrected chi connectivity index (χ2v) is 3.74. The van der Waals surface area contributed by atoms with Gasteiger partial charge in [-0.25, -0.2) is 4.39 Å². The van der Waals surface area contributed by atoms with Gasteiger partial charge in [0.1, 0.15) is 11.5 Å². The summed E-state index contributed by atoms with van der Waals surface area (Å²) in [6.45, 7) is 0.0982. The second-order valence-electron chi connectivity index (χ2n) is 3.74. The van der Waals surface area contributed by atoms with E-state index in [1.807, 2.05) is 0 Å². The standard InChI is InChI=1S/C13H11FN2O2/c14-11-4-2-1-3-10(11)7-16-13(18)12-5-9(8-17)6-15-12/h1-6,8,15H,7H2,(H,16,18). The lowest BCUT2D eigenvalue weighted by atomic mass is 10.2. The van der Waals surface area contributed by atoms with Crippen LogP contribution in [0.3, 0.4) is 0 Å². The number of hydrogen-bond acceptors (Lipinski definition) is 2. The molecule has 1 heterocycles. The molecular weight excluding hydrogens is 235 g/mol. The van der Waals surface area contributed by atoms with Crippen LogP contribution in [0, 0.1) is 5.82 Å². The van der Waals surface area contributed by atoms with Gasteiger partial charge in [0.15, 0.2) is 6.29 Å². The molecule has 0 bridgehead atoms. The second kappa shape index (κ2) is 5.27. The molecule has 18 heavy (non-hydrogen) atoms. The van der Waals surface area contributed by atoms with Gasteiger partial charge in [-0.05, 0) is 12.1 Å². The first kappa shape index (κ1) is 12.0. The van der Waals surface area contributed by atoms with E-state index in [4.69, 9.17) is 0 Å². The Balaban J connectivity index is 2.00. The molecule has 0 spiro atoms. The molecule has 0 radical (unpaired) electrons. The van der Waals surface area contributed by atoms with Crippen LogP contribution in [0.25, 0.3) is 0 Å². The number of halogens is 1. The molecule has 0 unspecified atom stereocenters. The molecule has 1 aromatic carbocycles. The highest BCUT2D eigenvalue weighted by Gasteiger charge is 2.09. The van der Waals surface area contributed by atoms with Gasteiger partial charge in [-0.2, -0.15) is 0 Å². The number of hydrogen-bond donors (Lipinski definition) is 2. The van der Waals surface area contributed by atoms with E-state index in [1.165, 1.54) is 18.3 Å². The fourth-order valence-corrected chi connectivity index (χ4v) is 1.52. The number of nitrogens with one attached hydrogen (secondary N) is 2. The maximum atomic E-state index is 13.3. The van der Waals surface area contributed by atoms with Crippen molar-refractivity contribution in [2.45, 2.75) is 6.54 Å². The van der Waals surface area contributed by atoms with Crippen LogP contribution in [-0.2, 0) is 6.54 Å². The van der Waals surface area contributed by atoms with Gasteiger partial charge >= 0.3 is 0 Å². The minimum atomic E-state index is -0.383. The predicted molar refractivity (Wildman–Crippen MR) is 63.8 cm³/mol. The number of aldehydes is 1. The Labute approximate surface area is 103 Å². The maximum absolute atomic E-state index is 13.3. The Morgan fingerprint density at radius 2 is 2.17 bits per heavy atom. The predicted octanol–water partition coefficient (Wildman–Crippen LogP) is 1.90. The van der Waals surface area contributed by atoms with Crippen LogP contribution in [0.2, 0.25) is 0 Å². The van der Waals surface area contributed by atoms with E-state index < -0.39 is 0 Å². The first-order chi connectivity index (χ1) is 8.70. The normalized spacial score (nSPS) is 10.1. The van der Waals surface area contributed by atoms with Crippen LogP contribution in [0.5, 0.6) is 0 Å². The molecule has 2 aromatic rings. The summed E-state index contributed by atoms with van der Waals surface area (Å²) in [5.41, 5.74) is 1.08. The largest absolute Gasteiger partial charge is 0.357 e. The highest BCUT2D eigenvalue weighted by atomic mass is 19.1. The molecule has 5 heteroatoms. The van der Waals surface area contributed by atoms with Crippen molar-refractivity contribution in [1.29, 1.82) is 0 Å². The Kier molecular flexibility index (Phi) is 3.52. The number of carbonyl (C=O) groups excluding carboxylic acids is 2. The molecule has 0 atom stereocenters. The molecule has 1 amide bonds. The zero-order valence-corrected chi connectivity index (χ0v) is 9.44. The number of H-pyrrole nitrogens is 1. The number of carbonyl (C=O) groups is 2. The zero-order chi connectivity index (χ0) is 13.0. The molecule has 0 aliphatic carbocycles. The first-order valence-electron chi connectivity index (χ1n) is 5.36. The van der Waals surface area contributed by atoms with Gasteiger partial charge < -0.3 is 10.3 Å². The average molecular weight is 246 g/mol. The van der Waals surface area contributed by atoms with Crippen molar-refractivity contribution < 1.29 is 14.0 Å². The van der Waals surface area contributed by atoms with E-state index in [1.54, 1.807) is 18.2 Å². The smallest absolute Gasteiger partial charge is 0.267 e. The van der Waals surface area contributed by atoms with Gasteiger partial charge in [0.05, 0.1) is 0 Å². The summed E-state index contributed by atoms with van der Waals surface area (Å²) >= 11 is 0. The average Bonchev–Trinajstić information content (AvgIpc) is 2.86. The number of amides is 1. The van der Waals surface area contributed by atoms with Gasteiger partial charge in [-0.15, -0.1) is 0 Å². The van der Waals surface area contributed by atoms with Crippen LogP contribution in [0.15, 0.2) is 36.5 Å². The summed E-state index contributed by atoms with van der Waals surface area (Å²) in [5.74, 6) is -0.746. The Hall–Kier alpha value is -2.43. The molecule has 0 saturated heterocycles. The lowest BCUT2D eigenvalue weighted by Crippen LogP contribution is -2.23. The topological polar surface area (TPSA) is 62.0 Å². The molecule has 0 fully saturated rings. The van der Waals surface area contributed by atoms with Crippen molar-refractivity contribution in [1.82, 2.24) is 10.3 Å². The summed E-state index contributed by atoms with van der Waals surface area (Å²) in [6.07, 6.45) is 2.08. The molecular formula is C13H11FN2O2. The van der Waals surface area contributed by atoms with Crippen molar-refractivity contribution in [3.8, 4) is 0 Å². The van der Waals surface area contributed by atoms with E-state index in [2.05, 4.69) is 10.3 Å². The molecule has 0 aliphatic heterocycles. The Morgan fingerprint density at radius 1 is 1.39 bits per heavy atom. The molecule has 1 aromatic heterocycles. The fraction of sp³-hybridized carbons (Fsp3) is 0.0769. The van der Waals surface area contributed by atoms with Crippen LogP contribution < -0.4 is 5.32 Å². The lowest BCUT2D eigenvalue weighted by molar-refractivity contribution is 0.0946. The zero-order valence-electron chi connectivity index (χ0n) is 9.44. The first-order valence-corrected chi connectivity index (χ1v) is 5.36. The van der Waals surface area contributed by atoms with Crippen molar-refractivity contribution in [2.75, 3.05) is 0 Å². The van der Waals surface area contributed by atoms with Gasteiger partial charge in [-0.1, -0.05) is 18.2 Å². The van der Waals surface area contributed by atoms with Crippen molar-refractivity contribution in [3.63, 3.8) is 0 Å². The molecule has 0 saturated carbocycles. The number of benzene rings is 1. The van der Waals surface area contributed by atoms with Crippen LogP contribution in [0.1, 0.15) is 26.4 Å². The van der Waals surface area contributed by atoms with Gasteiger partial charge in [0.25, 0.3) is 5.91 Å². The number of rotatable bonds is 4. The van der Waals surface area contributed by atoms with Crippen LogP contribution in [-0.4, -0.2) is 17.2 Å². The van der Waals surface area contributed by atoms with Crippen LogP contribution in [0.4, 0.5) is 4.39 Å². The van der Waals surface area contributed by atoms with Crippen molar-refractivity contribution >= 4 is 12.2 Å². The molecule has 0 aliphatic rings. The molecule has 2 rings (SSSR count). The Bertz CT molecular complexity index is 578. The van der Waals surface area contributed by atoms with Crippen molar-refractivity contribution in [3.05, 3.63) is 59.2 Å². The van der Waals surface area contributed by atoms with E-state index in [0.29, 0.717) is 17.4 Å². The lowest BCUT2D eigenvalue weighted by Gasteiger charge is -2.04. The molecule has 2 N–H and O–H groups in total. The third kappa shape index (κ3) is 2.63. The van der Waals surface area contributed by atoms with Gasteiger partial charge in [0, 0.05) is 23.9 Å². The Morgan fingerprint density at radius 3 is 2.83 bits per heavy atom. The third-order valence-electron chi connectivity index (χ3n) is 2.48. The summed E-state index contributed by atoms with van der Waals surface area (Å²) in [6, 6.07) is 7.65. The maximum Gasteiger partial charge on any atom is 0.267 e. The monoisotopic (exact) mass is 246 g/mol. The third-order valence-corrected chi connectivity index (χ3v) is 2.48. The summed E-state index contributed by atoms with van der Waals surface area (Å²) in [4.78, 5) is 24.8. The summed E-state index contributed by atoms with van der Waals surface area (Å²) in [7, 11) is 0. The van der Waals surface area contributed by atoms with Crippen molar-refractivity contribution in [2.24, 2.45) is 0 Å².